The fourth-order valence-corrected chi connectivity index (χ4v) is 5.69. The molecule has 1 aromatic rings. The number of hydrogen-bond donors (Lipinski definition) is 1. The average Bonchev–Trinajstić information content (AvgIpc) is 2.60. The molecule has 4 saturated carbocycles. The van der Waals surface area contributed by atoms with Crippen LogP contribution in [0.3, 0.4) is 0 Å². The fourth-order valence-electron chi connectivity index (χ4n) is 5.44. The van der Waals surface area contributed by atoms with Crippen LogP contribution in [-0.4, -0.2) is 21.2 Å². The minimum Gasteiger partial charge on any atom is -0.345 e. The van der Waals surface area contributed by atoms with E-state index in [9.17, 15) is 4.79 Å². The van der Waals surface area contributed by atoms with E-state index in [1.54, 1.807) is 11.7 Å². The first-order valence-corrected chi connectivity index (χ1v) is 8.35. The number of amides is 1. The molecule has 0 aliphatic heterocycles. The Morgan fingerprint density at radius 2 is 1.76 bits per heavy atom. The van der Waals surface area contributed by atoms with Crippen LogP contribution < -0.4 is 5.32 Å². The van der Waals surface area contributed by atoms with Gasteiger partial charge in [0.05, 0.1) is 10.7 Å². The van der Waals surface area contributed by atoms with Crippen molar-refractivity contribution in [3.8, 4) is 0 Å². The van der Waals surface area contributed by atoms with E-state index in [2.05, 4.69) is 10.4 Å². The van der Waals surface area contributed by atoms with Gasteiger partial charge in [-0.3, -0.25) is 9.48 Å². The number of aromatic nitrogens is 2. The van der Waals surface area contributed by atoms with Gasteiger partial charge in [-0.1, -0.05) is 11.6 Å². The largest absolute Gasteiger partial charge is 0.345 e. The van der Waals surface area contributed by atoms with Crippen molar-refractivity contribution in [2.45, 2.75) is 51.0 Å². The van der Waals surface area contributed by atoms with Crippen molar-refractivity contribution >= 4 is 17.5 Å². The Labute approximate surface area is 130 Å². The third-order valence-electron chi connectivity index (χ3n) is 5.78. The number of carbonyl (C=O) groups excluding carboxylic acids is 1. The summed E-state index contributed by atoms with van der Waals surface area (Å²) in [6.45, 7) is 1.84. The zero-order valence-corrected chi connectivity index (χ0v) is 13.4. The number of halogens is 1. The van der Waals surface area contributed by atoms with Gasteiger partial charge < -0.3 is 5.32 Å². The summed E-state index contributed by atoms with van der Waals surface area (Å²) in [5, 5.41) is 8.09. The molecule has 0 unspecified atom stereocenters. The van der Waals surface area contributed by atoms with E-state index < -0.39 is 0 Å². The molecular formula is C16H22ClN3O. The molecule has 1 amide bonds. The highest BCUT2D eigenvalue weighted by Crippen LogP contribution is 2.55. The van der Waals surface area contributed by atoms with Crippen molar-refractivity contribution in [2.24, 2.45) is 24.8 Å². The molecule has 21 heavy (non-hydrogen) atoms. The molecule has 5 rings (SSSR count). The summed E-state index contributed by atoms with van der Waals surface area (Å²) in [5.74, 6) is 2.41. The van der Waals surface area contributed by atoms with Gasteiger partial charge in [0.25, 0.3) is 5.91 Å². The summed E-state index contributed by atoms with van der Waals surface area (Å²) in [6, 6.07) is 0. The lowest BCUT2D eigenvalue weighted by atomic mass is 9.53. The SMILES string of the molecule is Cc1nn(C)c(C(=O)NC23CC4CC(CC(C4)C2)C3)c1Cl. The van der Waals surface area contributed by atoms with Crippen molar-refractivity contribution in [2.75, 3.05) is 0 Å². The average molecular weight is 308 g/mol. The van der Waals surface area contributed by atoms with Crippen LogP contribution in [0.2, 0.25) is 5.02 Å². The molecular weight excluding hydrogens is 286 g/mol. The topological polar surface area (TPSA) is 46.9 Å². The number of hydrogen-bond acceptors (Lipinski definition) is 2. The van der Waals surface area contributed by atoms with Crippen LogP contribution in [-0.2, 0) is 7.05 Å². The molecule has 5 heteroatoms. The van der Waals surface area contributed by atoms with Gasteiger partial charge in [0.1, 0.15) is 5.69 Å². The monoisotopic (exact) mass is 307 g/mol. The van der Waals surface area contributed by atoms with Crippen molar-refractivity contribution in [3.63, 3.8) is 0 Å². The van der Waals surface area contributed by atoms with Gasteiger partial charge in [0, 0.05) is 12.6 Å². The Balaban J connectivity index is 1.60. The smallest absolute Gasteiger partial charge is 0.271 e. The second kappa shape index (κ2) is 4.48. The standard InChI is InChI=1S/C16H22ClN3O/c1-9-13(17)14(20(2)19-9)15(21)18-16-6-10-3-11(7-16)5-12(4-10)8-16/h10-12H,3-8H2,1-2H3,(H,18,21). The molecule has 4 nitrogen and oxygen atoms in total. The van der Waals surface area contributed by atoms with E-state index in [-0.39, 0.29) is 11.4 Å². The van der Waals surface area contributed by atoms with Crippen LogP contribution in [0, 0.1) is 24.7 Å². The molecule has 4 aliphatic carbocycles. The van der Waals surface area contributed by atoms with Gasteiger partial charge >= 0.3 is 0 Å². The van der Waals surface area contributed by atoms with E-state index >= 15 is 0 Å². The molecule has 0 atom stereocenters. The third kappa shape index (κ3) is 2.10. The van der Waals surface area contributed by atoms with Crippen molar-refractivity contribution < 1.29 is 4.79 Å². The highest BCUT2D eigenvalue weighted by Gasteiger charge is 2.51. The van der Waals surface area contributed by atoms with Crippen molar-refractivity contribution in [1.82, 2.24) is 15.1 Å². The first-order valence-electron chi connectivity index (χ1n) is 7.97. The maximum Gasteiger partial charge on any atom is 0.271 e. The summed E-state index contributed by atoms with van der Waals surface area (Å²) in [7, 11) is 1.79. The third-order valence-corrected chi connectivity index (χ3v) is 6.23. The summed E-state index contributed by atoms with van der Waals surface area (Å²) in [5.41, 5.74) is 1.24. The molecule has 0 aromatic carbocycles. The van der Waals surface area contributed by atoms with E-state index in [1.807, 2.05) is 6.92 Å². The normalized spacial score (nSPS) is 37.0. The van der Waals surface area contributed by atoms with Crippen LogP contribution in [0.4, 0.5) is 0 Å². The highest BCUT2D eigenvalue weighted by atomic mass is 35.5. The zero-order chi connectivity index (χ0) is 14.8. The quantitative estimate of drug-likeness (QED) is 0.912. The molecule has 1 N–H and O–H groups in total. The zero-order valence-electron chi connectivity index (χ0n) is 12.7. The summed E-state index contributed by atoms with van der Waals surface area (Å²) in [6.07, 6.45) is 7.58. The first-order chi connectivity index (χ1) is 9.96. The minimum atomic E-state index is -0.0509. The van der Waals surface area contributed by atoms with Crippen molar-refractivity contribution in [1.29, 1.82) is 0 Å². The molecule has 1 heterocycles. The molecule has 4 aliphatic rings. The maximum absolute atomic E-state index is 12.7. The second-order valence-electron chi connectivity index (χ2n) is 7.52. The molecule has 4 fully saturated rings. The Morgan fingerprint density at radius 1 is 1.24 bits per heavy atom. The van der Waals surface area contributed by atoms with E-state index in [0.717, 1.165) is 42.7 Å². The number of rotatable bonds is 2. The molecule has 4 bridgehead atoms. The Hall–Kier alpha value is -1.03. The van der Waals surface area contributed by atoms with Gasteiger partial charge in [-0.05, 0) is 63.2 Å². The van der Waals surface area contributed by atoms with Crippen LogP contribution in [0.1, 0.15) is 54.7 Å². The molecule has 1 aromatic heterocycles. The van der Waals surface area contributed by atoms with Crippen molar-refractivity contribution in [3.05, 3.63) is 16.4 Å². The van der Waals surface area contributed by atoms with Crippen LogP contribution in [0.5, 0.6) is 0 Å². The Morgan fingerprint density at radius 3 is 2.19 bits per heavy atom. The Kier molecular flexibility index (Phi) is 2.91. The first kappa shape index (κ1) is 13.6. The van der Waals surface area contributed by atoms with Crippen LogP contribution in [0.15, 0.2) is 0 Å². The van der Waals surface area contributed by atoms with E-state index in [1.165, 1.54) is 19.3 Å². The predicted octanol–water partition coefficient (Wildman–Crippen LogP) is 3.08. The number of aryl methyl sites for hydroxylation is 2. The second-order valence-corrected chi connectivity index (χ2v) is 7.90. The molecule has 0 radical (unpaired) electrons. The lowest BCUT2D eigenvalue weighted by Crippen LogP contribution is -2.60. The van der Waals surface area contributed by atoms with Gasteiger partial charge in [-0.15, -0.1) is 0 Å². The van der Waals surface area contributed by atoms with Gasteiger partial charge in [0.15, 0.2) is 0 Å². The molecule has 114 valence electrons. The van der Waals surface area contributed by atoms with Gasteiger partial charge in [-0.2, -0.15) is 5.10 Å². The maximum atomic E-state index is 12.7. The van der Waals surface area contributed by atoms with Crippen LogP contribution in [0.25, 0.3) is 0 Å². The lowest BCUT2D eigenvalue weighted by Gasteiger charge is -2.56. The van der Waals surface area contributed by atoms with Gasteiger partial charge in [0.2, 0.25) is 0 Å². The minimum absolute atomic E-state index is 0.0212. The number of nitrogens with one attached hydrogen (secondary N) is 1. The van der Waals surface area contributed by atoms with Crippen LogP contribution >= 0.6 is 11.6 Å². The lowest BCUT2D eigenvalue weighted by molar-refractivity contribution is -0.0168. The number of nitrogens with zero attached hydrogens (tertiary/aromatic N) is 2. The summed E-state index contributed by atoms with van der Waals surface area (Å²) in [4.78, 5) is 12.7. The predicted molar refractivity (Wildman–Crippen MR) is 81.3 cm³/mol. The number of carbonyl (C=O) groups is 1. The Bertz CT molecular complexity index is 572. The highest BCUT2D eigenvalue weighted by molar-refractivity contribution is 6.34. The summed E-state index contributed by atoms with van der Waals surface area (Å²) >= 11 is 6.25. The van der Waals surface area contributed by atoms with Gasteiger partial charge in [-0.25, -0.2) is 0 Å². The fraction of sp³-hybridized carbons (Fsp3) is 0.750. The molecule has 0 spiro atoms. The molecule has 0 saturated heterocycles. The summed E-state index contributed by atoms with van der Waals surface area (Å²) < 4.78 is 1.60. The van der Waals surface area contributed by atoms with E-state index in [0.29, 0.717) is 10.7 Å². The van der Waals surface area contributed by atoms with E-state index in [4.69, 9.17) is 11.6 Å².